The number of carbonyl (C=O) groups is 1. The van der Waals surface area contributed by atoms with Crippen LogP contribution in [0.15, 0.2) is 0 Å². The van der Waals surface area contributed by atoms with Crippen molar-refractivity contribution in [3.8, 4) is 0 Å². The van der Waals surface area contributed by atoms with E-state index in [0.717, 1.165) is 58.6 Å². The van der Waals surface area contributed by atoms with Crippen LogP contribution in [0.3, 0.4) is 0 Å². The molecule has 6 heteroatoms. The molecule has 5 nitrogen and oxygen atoms in total. The molecule has 24 heavy (non-hydrogen) atoms. The third-order valence-electron chi connectivity index (χ3n) is 6.27. The maximum absolute atomic E-state index is 13.0. The lowest BCUT2D eigenvalue weighted by Crippen LogP contribution is -2.50. The fraction of sp³-hybridized carbons (Fsp3) is 0.944. The van der Waals surface area contributed by atoms with Gasteiger partial charge in [0, 0.05) is 45.2 Å². The number of carbonyl (C=O) groups excluding carboxylic acids is 1. The molecule has 1 saturated heterocycles. The Labute approximate surface area is 152 Å². The number of amides is 1. The summed E-state index contributed by atoms with van der Waals surface area (Å²) < 4.78 is 5.17. The van der Waals surface area contributed by atoms with Gasteiger partial charge in [-0.15, -0.1) is 12.4 Å². The highest BCUT2D eigenvalue weighted by atomic mass is 35.5. The third kappa shape index (κ3) is 4.63. The Hall–Kier alpha value is -0.360. The van der Waals surface area contributed by atoms with Crippen molar-refractivity contribution in [2.75, 3.05) is 46.4 Å². The molecule has 1 aliphatic heterocycles. The van der Waals surface area contributed by atoms with Gasteiger partial charge < -0.3 is 15.4 Å². The minimum atomic E-state index is 0. The largest absolute Gasteiger partial charge is 0.383 e. The molecule has 2 unspecified atom stereocenters. The molecule has 2 bridgehead atoms. The van der Waals surface area contributed by atoms with Crippen molar-refractivity contribution in [3.05, 3.63) is 0 Å². The molecule has 0 radical (unpaired) electrons. The SMILES string of the molecule is COCCN1CCCN(C(=O)C2CC3CCCC(C2)C3N)CC1.Cl. The van der Waals surface area contributed by atoms with E-state index in [1.54, 1.807) is 7.11 Å². The van der Waals surface area contributed by atoms with Crippen LogP contribution in [0.1, 0.15) is 38.5 Å². The average molecular weight is 360 g/mol. The standard InChI is InChI=1S/C18H33N3O2.ClH/c1-23-11-10-20-6-3-7-21(9-8-20)18(22)16-12-14-4-2-5-15(13-16)17(14)19;/h14-17H,2-13,19H2,1H3;1H. The van der Waals surface area contributed by atoms with Crippen molar-refractivity contribution in [2.45, 2.75) is 44.6 Å². The van der Waals surface area contributed by atoms with Crippen molar-refractivity contribution in [3.63, 3.8) is 0 Å². The zero-order valence-corrected chi connectivity index (χ0v) is 15.8. The Bertz CT molecular complexity index is 396. The van der Waals surface area contributed by atoms with E-state index in [-0.39, 0.29) is 18.3 Å². The Morgan fingerprint density at radius 2 is 1.79 bits per heavy atom. The first kappa shape index (κ1) is 20.0. The molecule has 140 valence electrons. The first-order valence-corrected chi connectivity index (χ1v) is 9.44. The first-order valence-electron chi connectivity index (χ1n) is 9.44. The van der Waals surface area contributed by atoms with Crippen LogP contribution >= 0.6 is 12.4 Å². The topological polar surface area (TPSA) is 58.8 Å². The van der Waals surface area contributed by atoms with Gasteiger partial charge in [-0.2, -0.15) is 0 Å². The molecular formula is C18H34ClN3O2. The molecule has 2 atom stereocenters. The summed E-state index contributed by atoms with van der Waals surface area (Å²) >= 11 is 0. The van der Waals surface area contributed by atoms with Crippen LogP contribution in [0.25, 0.3) is 0 Å². The lowest BCUT2D eigenvalue weighted by Gasteiger charge is -2.44. The molecule has 3 aliphatic rings. The number of rotatable bonds is 4. The molecule has 3 fully saturated rings. The smallest absolute Gasteiger partial charge is 0.225 e. The number of ether oxygens (including phenoxy) is 1. The molecule has 0 aromatic heterocycles. The number of hydrogen-bond donors (Lipinski definition) is 1. The number of methoxy groups -OCH3 is 1. The number of fused-ring (bicyclic) bond motifs is 2. The quantitative estimate of drug-likeness (QED) is 0.830. The maximum atomic E-state index is 13.0. The normalized spacial score (nSPS) is 34.3. The second-order valence-corrected chi connectivity index (χ2v) is 7.71. The van der Waals surface area contributed by atoms with Gasteiger partial charge in [0.1, 0.15) is 0 Å². The van der Waals surface area contributed by atoms with Crippen LogP contribution in [0.4, 0.5) is 0 Å². The fourth-order valence-corrected chi connectivity index (χ4v) is 4.88. The van der Waals surface area contributed by atoms with Crippen LogP contribution in [0.5, 0.6) is 0 Å². The summed E-state index contributed by atoms with van der Waals surface area (Å²) in [6.45, 7) is 5.60. The van der Waals surface area contributed by atoms with Crippen LogP contribution in [-0.4, -0.2) is 68.2 Å². The van der Waals surface area contributed by atoms with Gasteiger partial charge in [-0.1, -0.05) is 6.42 Å². The molecule has 0 spiro atoms. The van der Waals surface area contributed by atoms with Gasteiger partial charge in [0.2, 0.25) is 5.91 Å². The van der Waals surface area contributed by atoms with E-state index in [1.165, 1.54) is 19.3 Å². The van der Waals surface area contributed by atoms with E-state index >= 15 is 0 Å². The minimum Gasteiger partial charge on any atom is -0.383 e. The Morgan fingerprint density at radius 1 is 1.08 bits per heavy atom. The summed E-state index contributed by atoms with van der Waals surface area (Å²) in [5, 5.41) is 0. The van der Waals surface area contributed by atoms with Crippen LogP contribution in [0.2, 0.25) is 0 Å². The van der Waals surface area contributed by atoms with Crippen molar-refractivity contribution < 1.29 is 9.53 Å². The Balaban J connectivity index is 0.00000208. The average Bonchev–Trinajstić information content (AvgIpc) is 2.77. The zero-order chi connectivity index (χ0) is 16.2. The lowest BCUT2D eigenvalue weighted by molar-refractivity contribution is -0.138. The van der Waals surface area contributed by atoms with Gasteiger partial charge in [0.15, 0.2) is 0 Å². The Morgan fingerprint density at radius 3 is 2.46 bits per heavy atom. The molecule has 2 saturated carbocycles. The van der Waals surface area contributed by atoms with Gasteiger partial charge >= 0.3 is 0 Å². The molecular weight excluding hydrogens is 326 g/mol. The van der Waals surface area contributed by atoms with E-state index in [1.807, 2.05) is 0 Å². The molecule has 2 N–H and O–H groups in total. The molecule has 1 heterocycles. The van der Waals surface area contributed by atoms with E-state index in [0.29, 0.717) is 23.8 Å². The molecule has 0 aromatic rings. The Kier molecular flexibility index (Phi) is 7.79. The highest BCUT2D eigenvalue weighted by Gasteiger charge is 2.41. The summed E-state index contributed by atoms with van der Waals surface area (Å²) in [7, 11) is 1.75. The zero-order valence-electron chi connectivity index (χ0n) is 15.0. The lowest BCUT2D eigenvalue weighted by atomic mass is 9.65. The second kappa shape index (κ2) is 9.37. The monoisotopic (exact) mass is 359 g/mol. The van der Waals surface area contributed by atoms with Crippen molar-refractivity contribution in [1.29, 1.82) is 0 Å². The maximum Gasteiger partial charge on any atom is 0.225 e. The van der Waals surface area contributed by atoms with E-state index < -0.39 is 0 Å². The minimum absolute atomic E-state index is 0. The van der Waals surface area contributed by atoms with Crippen molar-refractivity contribution in [2.24, 2.45) is 23.5 Å². The van der Waals surface area contributed by atoms with E-state index in [4.69, 9.17) is 10.5 Å². The molecule has 1 amide bonds. The summed E-state index contributed by atoms with van der Waals surface area (Å²) in [5.74, 6) is 1.81. The summed E-state index contributed by atoms with van der Waals surface area (Å²) in [5.41, 5.74) is 6.37. The number of nitrogens with zero attached hydrogens (tertiary/aromatic N) is 2. The van der Waals surface area contributed by atoms with Gasteiger partial charge in [-0.05, 0) is 50.5 Å². The van der Waals surface area contributed by atoms with Gasteiger partial charge in [-0.3, -0.25) is 9.69 Å². The van der Waals surface area contributed by atoms with Crippen molar-refractivity contribution in [1.82, 2.24) is 9.80 Å². The molecule has 3 rings (SSSR count). The summed E-state index contributed by atoms with van der Waals surface area (Å²) in [4.78, 5) is 17.6. The third-order valence-corrected chi connectivity index (χ3v) is 6.27. The number of hydrogen-bond acceptors (Lipinski definition) is 4. The highest BCUT2D eigenvalue weighted by Crippen LogP contribution is 2.42. The first-order chi connectivity index (χ1) is 11.2. The van der Waals surface area contributed by atoms with Crippen LogP contribution in [0, 0.1) is 17.8 Å². The van der Waals surface area contributed by atoms with Gasteiger partial charge in [-0.25, -0.2) is 0 Å². The summed E-state index contributed by atoms with van der Waals surface area (Å²) in [6.07, 6.45) is 6.90. The van der Waals surface area contributed by atoms with Gasteiger partial charge in [0.25, 0.3) is 0 Å². The van der Waals surface area contributed by atoms with Gasteiger partial charge in [0.05, 0.1) is 6.61 Å². The summed E-state index contributed by atoms with van der Waals surface area (Å²) in [6, 6.07) is 0.349. The fourth-order valence-electron chi connectivity index (χ4n) is 4.88. The van der Waals surface area contributed by atoms with Crippen molar-refractivity contribution >= 4 is 18.3 Å². The predicted molar refractivity (Wildman–Crippen MR) is 98.3 cm³/mol. The van der Waals surface area contributed by atoms with E-state index in [2.05, 4.69) is 9.80 Å². The van der Waals surface area contributed by atoms with E-state index in [9.17, 15) is 4.79 Å². The number of nitrogens with two attached hydrogens (primary N) is 1. The predicted octanol–water partition coefficient (Wildman–Crippen LogP) is 1.74. The number of halogens is 1. The molecule has 0 aromatic carbocycles. The van der Waals surface area contributed by atoms with Crippen LogP contribution < -0.4 is 5.73 Å². The second-order valence-electron chi connectivity index (χ2n) is 7.71. The highest BCUT2D eigenvalue weighted by molar-refractivity contribution is 5.85. The van der Waals surface area contributed by atoms with Crippen LogP contribution in [-0.2, 0) is 9.53 Å². The molecule has 2 aliphatic carbocycles.